The molecule has 1 aromatic carbocycles. The molecule has 0 unspecified atom stereocenters. The highest BCUT2D eigenvalue weighted by Crippen LogP contribution is 2.39. The summed E-state index contributed by atoms with van der Waals surface area (Å²) in [5, 5.41) is 0. The van der Waals surface area contributed by atoms with E-state index >= 15 is 0 Å². The number of benzene rings is 1. The van der Waals surface area contributed by atoms with Crippen molar-refractivity contribution < 1.29 is 4.39 Å². The Hall–Kier alpha value is -0.890. The number of nitrogens with two attached hydrogens (primary N) is 1. The van der Waals surface area contributed by atoms with Gasteiger partial charge in [0.2, 0.25) is 0 Å². The Labute approximate surface area is 90.5 Å². The summed E-state index contributed by atoms with van der Waals surface area (Å²) in [4.78, 5) is 0. The average Bonchev–Trinajstić information content (AvgIpc) is 2.13. The summed E-state index contributed by atoms with van der Waals surface area (Å²) < 4.78 is 13.8. The van der Waals surface area contributed by atoms with E-state index in [0.717, 1.165) is 24.0 Å². The smallest absolute Gasteiger partial charge is 0.130 e. The minimum absolute atomic E-state index is 0.193. The first-order chi connectivity index (χ1) is 6.92. The quantitative estimate of drug-likeness (QED) is 0.791. The summed E-state index contributed by atoms with van der Waals surface area (Å²) in [6.07, 6.45) is 3.21. The summed E-state index contributed by atoms with van der Waals surface area (Å²) in [5.41, 5.74) is 6.54. The van der Waals surface area contributed by atoms with Crippen LogP contribution in [-0.2, 0) is 11.2 Å². The summed E-state index contributed by atoms with van der Waals surface area (Å²) in [6.45, 7) is 3.16. The lowest BCUT2D eigenvalue weighted by Gasteiger charge is -2.39. The van der Waals surface area contributed by atoms with Crippen molar-refractivity contribution in [3.8, 4) is 0 Å². The molecule has 0 heterocycles. The van der Waals surface area contributed by atoms with E-state index in [1.165, 1.54) is 6.42 Å². The highest BCUT2D eigenvalue weighted by Gasteiger charge is 2.35. The number of hydrogen-bond acceptors (Lipinski definition) is 1. The molecule has 1 fully saturated rings. The van der Waals surface area contributed by atoms with Crippen molar-refractivity contribution in [3.05, 3.63) is 35.4 Å². The second-order valence-electron chi connectivity index (χ2n) is 5.06. The Bertz CT molecular complexity index is 361. The number of hydrogen-bond donors (Lipinski definition) is 1. The number of rotatable bonds is 2. The van der Waals surface area contributed by atoms with Crippen molar-refractivity contribution in [1.29, 1.82) is 0 Å². The van der Waals surface area contributed by atoms with Gasteiger partial charge in [-0.2, -0.15) is 0 Å². The molecule has 2 rings (SSSR count). The average molecular weight is 207 g/mol. The minimum atomic E-state index is -1.28. The van der Waals surface area contributed by atoms with Crippen molar-refractivity contribution in [1.82, 2.24) is 0 Å². The van der Waals surface area contributed by atoms with Gasteiger partial charge in [-0.25, -0.2) is 4.39 Å². The van der Waals surface area contributed by atoms with Crippen LogP contribution in [0, 0.1) is 0 Å². The molecule has 0 saturated heterocycles. The maximum absolute atomic E-state index is 13.8. The van der Waals surface area contributed by atoms with E-state index in [2.05, 4.69) is 0 Å². The molecule has 2 heteroatoms. The van der Waals surface area contributed by atoms with Crippen LogP contribution >= 0.6 is 0 Å². The van der Waals surface area contributed by atoms with E-state index in [1.54, 1.807) is 13.8 Å². The van der Waals surface area contributed by atoms with Crippen molar-refractivity contribution in [3.63, 3.8) is 0 Å². The second kappa shape index (κ2) is 3.31. The molecule has 1 aliphatic rings. The Morgan fingerprint density at radius 2 is 2.00 bits per heavy atom. The molecule has 0 amide bonds. The van der Waals surface area contributed by atoms with Gasteiger partial charge in [-0.1, -0.05) is 24.3 Å². The molecular weight excluding hydrogens is 189 g/mol. The van der Waals surface area contributed by atoms with Gasteiger partial charge in [0.05, 0.1) is 0 Å². The largest absolute Gasteiger partial charge is 0.321 e. The van der Waals surface area contributed by atoms with E-state index in [9.17, 15) is 4.39 Å². The monoisotopic (exact) mass is 207 g/mol. The van der Waals surface area contributed by atoms with Crippen LogP contribution in [0.2, 0.25) is 0 Å². The first kappa shape index (κ1) is 10.6. The SMILES string of the molecule is CC(C)(F)c1cccc(C2(N)CCC2)c1. The van der Waals surface area contributed by atoms with Gasteiger partial charge >= 0.3 is 0 Å². The van der Waals surface area contributed by atoms with Crippen LogP contribution in [-0.4, -0.2) is 0 Å². The second-order valence-corrected chi connectivity index (χ2v) is 5.06. The topological polar surface area (TPSA) is 26.0 Å². The van der Waals surface area contributed by atoms with Crippen molar-refractivity contribution in [2.75, 3.05) is 0 Å². The van der Waals surface area contributed by atoms with Crippen LogP contribution in [0.25, 0.3) is 0 Å². The maximum Gasteiger partial charge on any atom is 0.130 e. The zero-order chi connectivity index (χ0) is 11.1. The third-order valence-corrected chi connectivity index (χ3v) is 3.37. The highest BCUT2D eigenvalue weighted by molar-refractivity contribution is 5.33. The first-order valence-electron chi connectivity index (χ1n) is 5.51. The summed E-state index contributed by atoms with van der Waals surface area (Å²) >= 11 is 0. The van der Waals surface area contributed by atoms with Crippen molar-refractivity contribution in [2.45, 2.75) is 44.3 Å². The van der Waals surface area contributed by atoms with E-state index in [0.29, 0.717) is 0 Å². The standard InChI is InChI=1S/C13H18FN/c1-12(2,14)10-5-3-6-11(9-10)13(15)7-4-8-13/h3,5-6,9H,4,7-8,15H2,1-2H3. The van der Waals surface area contributed by atoms with Gasteiger partial charge in [-0.15, -0.1) is 0 Å². The van der Waals surface area contributed by atoms with Crippen LogP contribution in [0.3, 0.4) is 0 Å². The molecule has 1 saturated carbocycles. The fourth-order valence-electron chi connectivity index (χ4n) is 2.05. The van der Waals surface area contributed by atoms with Gasteiger partial charge in [0, 0.05) is 5.54 Å². The highest BCUT2D eigenvalue weighted by atomic mass is 19.1. The number of alkyl halides is 1. The molecular formula is C13H18FN. The van der Waals surface area contributed by atoms with Crippen LogP contribution < -0.4 is 5.73 Å². The Balaban J connectivity index is 2.35. The Morgan fingerprint density at radius 3 is 2.47 bits per heavy atom. The van der Waals surface area contributed by atoms with Gasteiger partial charge in [-0.05, 0) is 44.2 Å². The molecule has 15 heavy (non-hydrogen) atoms. The maximum atomic E-state index is 13.8. The fourth-order valence-corrected chi connectivity index (χ4v) is 2.05. The molecule has 2 N–H and O–H groups in total. The van der Waals surface area contributed by atoms with E-state index < -0.39 is 5.67 Å². The van der Waals surface area contributed by atoms with Crippen LogP contribution in [0.5, 0.6) is 0 Å². The molecule has 0 atom stereocenters. The molecule has 82 valence electrons. The minimum Gasteiger partial charge on any atom is -0.321 e. The van der Waals surface area contributed by atoms with Gasteiger partial charge in [-0.3, -0.25) is 0 Å². The molecule has 0 spiro atoms. The van der Waals surface area contributed by atoms with Gasteiger partial charge < -0.3 is 5.73 Å². The van der Waals surface area contributed by atoms with Crippen LogP contribution in [0.15, 0.2) is 24.3 Å². The predicted molar refractivity (Wildman–Crippen MR) is 60.3 cm³/mol. The lowest BCUT2D eigenvalue weighted by molar-refractivity contribution is 0.219. The van der Waals surface area contributed by atoms with Gasteiger partial charge in [0.1, 0.15) is 5.67 Å². The summed E-state index contributed by atoms with van der Waals surface area (Å²) in [6, 6.07) is 7.65. The van der Waals surface area contributed by atoms with Crippen LogP contribution in [0.1, 0.15) is 44.2 Å². The van der Waals surface area contributed by atoms with Gasteiger partial charge in [0.25, 0.3) is 0 Å². The molecule has 0 aromatic heterocycles. The normalized spacial score (nSPS) is 19.7. The summed E-state index contributed by atoms with van der Waals surface area (Å²) in [5.74, 6) is 0. The molecule has 1 nitrogen and oxygen atoms in total. The predicted octanol–water partition coefficient (Wildman–Crippen LogP) is 3.23. The molecule has 0 bridgehead atoms. The molecule has 0 radical (unpaired) electrons. The van der Waals surface area contributed by atoms with Crippen molar-refractivity contribution in [2.24, 2.45) is 5.73 Å². The van der Waals surface area contributed by atoms with Crippen LogP contribution in [0.4, 0.5) is 4.39 Å². The third-order valence-electron chi connectivity index (χ3n) is 3.37. The zero-order valence-corrected chi connectivity index (χ0v) is 9.39. The molecule has 0 aliphatic heterocycles. The molecule has 1 aromatic rings. The lowest BCUT2D eigenvalue weighted by atomic mass is 9.72. The van der Waals surface area contributed by atoms with Gasteiger partial charge in [0.15, 0.2) is 0 Å². The summed E-state index contributed by atoms with van der Waals surface area (Å²) in [7, 11) is 0. The van der Waals surface area contributed by atoms with E-state index in [-0.39, 0.29) is 5.54 Å². The zero-order valence-electron chi connectivity index (χ0n) is 9.39. The first-order valence-corrected chi connectivity index (χ1v) is 5.51. The fraction of sp³-hybridized carbons (Fsp3) is 0.538. The Morgan fingerprint density at radius 1 is 1.33 bits per heavy atom. The third kappa shape index (κ3) is 1.91. The number of halogens is 1. The molecule has 1 aliphatic carbocycles. The van der Waals surface area contributed by atoms with Crippen molar-refractivity contribution >= 4 is 0 Å². The van der Waals surface area contributed by atoms with E-state index in [1.807, 2.05) is 24.3 Å². The Kier molecular flexibility index (Phi) is 2.34. The van der Waals surface area contributed by atoms with E-state index in [4.69, 9.17) is 5.73 Å². The lowest BCUT2D eigenvalue weighted by Crippen LogP contribution is -2.43.